The standard InChI is InChI=1S/C11H8F3N3O/c1-7(18)9-10(11(12,13)14)17(16-15-9)8-5-3-2-4-6-8/h2-6H,1H3. The van der Waals surface area contributed by atoms with Gasteiger partial charge in [-0.15, -0.1) is 5.10 Å². The number of Topliss-reactive ketones (excluding diaryl/α,β-unsaturated/α-hetero) is 1. The average Bonchev–Trinajstić information content (AvgIpc) is 2.74. The van der Waals surface area contributed by atoms with E-state index in [1.807, 2.05) is 0 Å². The van der Waals surface area contributed by atoms with Crippen molar-refractivity contribution in [2.45, 2.75) is 13.1 Å². The van der Waals surface area contributed by atoms with Gasteiger partial charge in [-0.25, -0.2) is 4.68 Å². The molecule has 0 bridgehead atoms. The number of benzene rings is 1. The van der Waals surface area contributed by atoms with E-state index in [-0.39, 0.29) is 5.69 Å². The van der Waals surface area contributed by atoms with Crippen LogP contribution in [-0.2, 0) is 6.18 Å². The van der Waals surface area contributed by atoms with Gasteiger partial charge in [-0.05, 0) is 12.1 Å². The molecule has 0 aliphatic rings. The average molecular weight is 255 g/mol. The molecule has 2 aromatic rings. The summed E-state index contributed by atoms with van der Waals surface area (Å²) < 4.78 is 39.4. The zero-order chi connectivity index (χ0) is 13.3. The van der Waals surface area contributed by atoms with Crippen LogP contribution >= 0.6 is 0 Å². The van der Waals surface area contributed by atoms with Crippen LogP contribution in [0.5, 0.6) is 0 Å². The van der Waals surface area contributed by atoms with Crippen molar-refractivity contribution in [2.24, 2.45) is 0 Å². The van der Waals surface area contributed by atoms with Crippen LogP contribution in [0.2, 0.25) is 0 Å². The zero-order valence-electron chi connectivity index (χ0n) is 9.27. The molecule has 1 aromatic heterocycles. The minimum atomic E-state index is -4.69. The summed E-state index contributed by atoms with van der Waals surface area (Å²) >= 11 is 0. The molecule has 0 radical (unpaired) electrons. The number of halogens is 3. The van der Waals surface area contributed by atoms with Crippen molar-refractivity contribution in [3.8, 4) is 5.69 Å². The maximum absolute atomic E-state index is 12.9. The Labute approximate surface area is 100 Å². The molecule has 1 aromatic carbocycles. The number of aromatic nitrogens is 3. The third-order valence-corrected chi connectivity index (χ3v) is 2.27. The molecule has 0 aliphatic carbocycles. The highest BCUT2D eigenvalue weighted by Gasteiger charge is 2.41. The topological polar surface area (TPSA) is 47.8 Å². The third-order valence-electron chi connectivity index (χ3n) is 2.27. The predicted octanol–water partition coefficient (Wildman–Crippen LogP) is 2.49. The molecule has 0 saturated carbocycles. The lowest BCUT2D eigenvalue weighted by Gasteiger charge is -2.09. The molecule has 2 rings (SSSR count). The maximum atomic E-state index is 12.9. The van der Waals surface area contributed by atoms with Gasteiger partial charge in [0.2, 0.25) is 0 Å². The van der Waals surface area contributed by atoms with Crippen molar-refractivity contribution in [2.75, 3.05) is 0 Å². The van der Waals surface area contributed by atoms with E-state index < -0.39 is 23.3 Å². The second-order valence-electron chi connectivity index (χ2n) is 3.59. The molecule has 1 heterocycles. The first kappa shape index (κ1) is 12.3. The van der Waals surface area contributed by atoms with Crippen molar-refractivity contribution in [3.05, 3.63) is 41.7 Å². The van der Waals surface area contributed by atoms with E-state index in [4.69, 9.17) is 0 Å². The fourth-order valence-electron chi connectivity index (χ4n) is 1.52. The summed E-state index contributed by atoms with van der Waals surface area (Å²) in [4.78, 5) is 11.1. The van der Waals surface area contributed by atoms with Crippen LogP contribution in [0.15, 0.2) is 30.3 Å². The predicted molar refractivity (Wildman–Crippen MR) is 56.4 cm³/mol. The molecule has 4 nitrogen and oxygen atoms in total. The van der Waals surface area contributed by atoms with E-state index in [1.165, 1.54) is 12.1 Å². The monoisotopic (exact) mass is 255 g/mol. The number of ketones is 1. The van der Waals surface area contributed by atoms with E-state index in [9.17, 15) is 18.0 Å². The van der Waals surface area contributed by atoms with Gasteiger partial charge < -0.3 is 0 Å². The summed E-state index contributed by atoms with van der Waals surface area (Å²) in [5.74, 6) is -0.774. The Balaban J connectivity index is 2.67. The SMILES string of the molecule is CC(=O)c1nnn(-c2ccccc2)c1C(F)(F)F. The fraction of sp³-hybridized carbons (Fsp3) is 0.182. The number of carbonyl (C=O) groups excluding carboxylic acids is 1. The summed E-state index contributed by atoms with van der Waals surface area (Å²) in [5, 5.41) is 6.70. The van der Waals surface area contributed by atoms with Crippen LogP contribution < -0.4 is 0 Å². The summed E-state index contributed by atoms with van der Waals surface area (Å²) in [6, 6.07) is 7.72. The van der Waals surface area contributed by atoms with Gasteiger partial charge in [0.25, 0.3) is 0 Å². The number of alkyl halides is 3. The quantitative estimate of drug-likeness (QED) is 0.774. The fourth-order valence-corrected chi connectivity index (χ4v) is 1.52. The van der Waals surface area contributed by atoms with Crippen LogP contribution in [0.4, 0.5) is 13.2 Å². The largest absolute Gasteiger partial charge is 0.435 e. The molecule has 0 amide bonds. The molecule has 7 heteroatoms. The normalized spacial score (nSPS) is 11.6. The molecule has 0 unspecified atom stereocenters. The molecular weight excluding hydrogens is 247 g/mol. The first-order chi connectivity index (χ1) is 8.41. The van der Waals surface area contributed by atoms with Gasteiger partial charge >= 0.3 is 6.18 Å². The second-order valence-corrected chi connectivity index (χ2v) is 3.59. The zero-order valence-corrected chi connectivity index (χ0v) is 9.27. The van der Waals surface area contributed by atoms with Gasteiger partial charge in [0.1, 0.15) is 0 Å². The number of rotatable bonds is 2. The molecule has 0 aliphatic heterocycles. The van der Waals surface area contributed by atoms with Gasteiger partial charge in [0, 0.05) is 6.92 Å². The maximum Gasteiger partial charge on any atom is 0.435 e. The first-order valence-corrected chi connectivity index (χ1v) is 5.00. The highest BCUT2D eigenvalue weighted by molar-refractivity contribution is 5.93. The highest BCUT2D eigenvalue weighted by Crippen LogP contribution is 2.32. The van der Waals surface area contributed by atoms with E-state index in [0.29, 0.717) is 4.68 Å². The highest BCUT2D eigenvalue weighted by atomic mass is 19.4. The molecular formula is C11H8F3N3O. The molecule has 94 valence electrons. The number of hydrogen-bond acceptors (Lipinski definition) is 3. The van der Waals surface area contributed by atoms with E-state index in [2.05, 4.69) is 10.3 Å². The van der Waals surface area contributed by atoms with Crippen LogP contribution in [0, 0.1) is 0 Å². The van der Waals surface area contributed by atoms with Crippen molar-refractivity contribution >= 4 is 5.78 Å². The van der Waals surface area contributed by atoms with Gasteiger partial charge in [-0.3, -0.25) is 4.79 Å². The van der Waals surface area contributed by atoms with Gasteiger partial charge in [-0.1, -0.05) is 23.4 Å². The Kier molecular flexibility index (Phi) is 2.90. The Morgan fingerprint density at radius 1 is 1.22 bits per heavy atom. The summed E-state index contributed by atoms with van der Waals surface area (Å²) in [5.41, 5.74) is -1.63. The molecule has 0 fully saturated rings. The Morgan fingerprint density at radius 3 is 2.33 bits per heavy atom. The first-order valence-electron chi connectivity index (χ1n) is 5.00. The molecule has 0 saturated heterocycles. The number of hydrogen-bond donors (Lipinski definition) is 0. The van der Waals surface area contributed by atoms with Crippen molar-refractivity contribution in [3.63, 3.8) is 0 Å². The van der Waals surface area contributed by atoms with Gasteiger partial charge in [-0.2, -0.15) is 13.2 Å². The van der Waals surface area contributed by atoms with E-state index in [1.54, 1.807) is 18.2 Å². The van der Waals surface area contributed by atoms with Gasteiger partial charge in [0.15, 0.2) is 17.2 Å². The van der Waals surface area contributed by atoms with E-state index >= 15 is 0 Å². The summed E-state index contributed by atoms with van der Waals surface area (Å²) in [6.07, 6.45) is -4.69. The minimum Gasteiger partial charge on any atom is -0.293 e. The lowest BCUT2D eigenvalue weighted by molar-refractivity contribution is -0.143. The van der Waals surface area contributed by atoms with Crippen LogP contribution in [0.1, 0.15) is 23.1 Å². The number of carbonyl (C=O) groups is 1. The minimum absolute atomic E-state index is 0.199. The lowest BCUT2D eigenvalue weighted by atomic mass is 10.2. The van der Waals surface area contributed by atoms with E-state index in [0.717, 1.165) is 6.92 Å². The lowest BCUT2D eigenvalue weighted by Crippen LogP contribution is -2.16. The molecule has 18 heavy (non-hydrogen) atoms. The van der Waals surface area contributed by atoms with Crippen LogP contribution in [0.25, 0.3) is 5.69 Å². The number of nitrogens with zero attached hydrogens (tertiary/aromatic N) is 3. The summed E-state index contributed by atoms with van der Waals surface area (Å²) in [6.45, 7) is 1.02. The molecule has 0 spiro atoms. The van der Waals surface area contributed by atoms with Crippen molar-refractivity contribution in [1.29, 1.82) is 0 Å². The smallest absolute Gasteiger partial charge is 0.293 e. The number of para-hydroxylation sites is 1. The van der Waals surface area contributed by atoms with Crippen LogP contribution in [-0.4, -0.2) is 20.8 Å². The molecule has 0 N–H and O–H groups in total. The Hall–Kier alpha value is -2.18. The van der Waals surface area contributed by atoms with Crippen molar-refractivity contribution < 1.29 is 18.0 Å². The third kappa shape index (κ3) is 2.11. The Morgan fingerprint density at radius 2 is 1.83 bits per heavy atom. The molecule has 0 atom stereocenters. The van der Waals surface area contributed by atoms with Gasteiger partial charge in [0.05, 0.1) is 5.69 Å². The second kappa shape index (κ2) is 4.25. The van der Waals surface area contributed by atoms with Crippen LogP contribution in [0.3, 0.4) is 0 Å². The summed E-state index contributed by atoms with van der Waals surface area (Å²) in [7, 11) is 0. The van der Waals surface area contributed by atoms with Crippen molar-refractivity contribution in [1.82, 2.24) is 15.0 Å². The Bertz CT molecular complexity index is 575.